The Balaban J connectivity index is 1.89. The van der Waals surface area contributed by atoms with E-state index in [9.17, 15) is 4.79 Å². The van der Waals surface area contributed by atoms with Gasteiger partial charge in [-0.15, -0.1) is 0 Å². The molecule has 0 aromatic heterocycles. The zero-order chi connectivity index (χ0) is 7.90. The van der Waals surface area contributed by atoms with Crippen molar-refractivity contribution in [2.45, 2.75) is 19.1 Å². The van der Waals surface area contributed by atoms with Crippen LogP contribution < -0.4 is 0 Å². The number of rotatable bonds is 1. The summed E-state index contributed by atoms with van der Waals surface area (Å²) >= 11 is 0. The molecule has 2 fully saturated rings. The van der Waals surface area contributed by atoms with Gasteiger partial charge in [0, 0.05) is 5.41 Å². The molecule has 2 rings (SSSR count). The number of ether oxygens (including phenoxy) is 2. The highest BCUT2D eigenvalue weighted by Crippen LogP contribution is 2.48. The van der Waals surface area contributed by atoms with Crippen molar-refractivity contribution in [1.82, 2.24) is 0 Å². The summed E-state index contributed by atoms with van der Waals surface area (Å²) in [5, 5.41) is 8.48. The predicted molar refractivity (Wildman–Crippen MR) is 35.0 cm³/mol. The van der Waals surface area contributed by atoms with Crippen LogP contribution in [0.25, 0.3) is 0 Å². The molecule has 0 aromatic carbocycles. The highest BCUT2D eigenvalue weighted by Gasteiger charge is 2.48. The van der Waals surface area contributed by atoms with E-state index in [0.717, 1.165) is 12.8 Å². The Morgan fingerprint density at radius 2 is 1.91 bits per heavy atom. The minimum absolute atomic E-state index is 0.186. The second-order valence-electron chi connectivity index (χ2n) is 3.29. The number of aliphatic carboxylic acids is 1. The van der Waals surface area contributed by atoms with E-state index in [0.29, 0.717) is 13.2 Å². The van der Waals surface area contributed by atoms with Crippen molar-refractivity contribution in [2.75, 3.05) is 13.2 Å². The van der Waals surface area contributed by atoms with Crippen LogP contribution in [-0.4, -0.2) is 30.6 Å². The van der Waals surface area contributed by atoms with Crippen molar-refractivity contribution in [3.05, 3.63) is 0 Å². The predicted octanol–water partition coefficient (Wildman–Crippen LogP) is 0.224. The van der Waals surface area contributed by atoms with E-state index in [1.165, 1.54) is 0 Å². The summed E-state index contributed by atoms with van der Waals surface area (Å²) in [6, 6.07) is 0. The van der Waals surface area contributed by atoms with E-state index < -0.39 is 12.3 Å². The van der Waals surface area contributed by atoms with Gasteiger partial charge in [0.1, 0.15) is 0 Å². The Kier molecular flexibility index (Phi) is 1.40. The topological polar surface area (TPSA) is 55.8 Å². The maximum atomic E-state index is 10.3. The first-order valence-corrected chi connectivity index (χ1v) is 3.68. The Labute approximate surface area is 64.1 Å². The number of hydrogen-bond acceptors (Lipinski definition) is 3. The molecule has 0 amide bonds. The van der Waals surface area contributed by atoms with Crippen LogP contribution in [-0.2, 0) is 14.3 Å². The highest BCUT2D eigenvalue weighted by atomic mass is 16.7. The van der Waals surface area contributed by atoms with Crippen LogP contribution in [0.5, 0.6) is 0 Å². The van der Waals surface area contributed by atoms with Crippen LogP contribution in [0.2, 0.25) is 0 Å². The fourth-order valence-corrected chi connectivity index (χ4v) is 1.20. The van der Waals surface area contributed by atoms with Gasteiger partial charge in [0.25, 0.3) is 6.29 Å². The molecule has 0 unspecified atom stereocenters. The minimum atomic E-state index is -1.03. The zero-order valence-corrected chi connectivity index (χ0v) is 6.08. The minimum Gasteiger partial charge on any atom is -0.477 e. The summed E-state index contributed by atoms with van der Waals surface area (Å²) in [4.78, 5) is 10.3. The number of carboxylic acid groups (broad SMARTS) is 1. The van der Waals surface area contributed by atoms with Gasteiger partial charge in [-0.25, -0.2) is 4.79 Å². The molecule has 1 heterocycles. The maximum absolute atomic E-state index is 10.3. The van der Waals surface area contributed by atoms with Crippen molar-refractivity contribution in [1.29, 1.82) is 0 Å². The lowest BCUT2D eigenvalue weighted by Crippen LogP contribution is -2.38. The molecule has 1 saturated heterocycles. The van der Waals surface area contributed by atoms with E-state index in [2.05, 4.69) is 0 Å². The molecule has 2 aliphatic rings. The summed E-state index contributed by atoms with van der Waals surface area (Å²) in [5.41, 5.74) is 0.186. The van der Waals surface area contributed by atoms with Crippen LogP contribution in [0.1, 0.15) is 12.8 Å². The van der Waals surface area contributed by atoms with Crippen LogP contribution >= 0.6 is 0 Å². The Morgan fingerprint density at radius 1 is 1.36 bits per heavy atom. The average molecular weight is 158 g/mol. The smallest absolute Gasteiger partial charge is 0.361 e. The first kappa shape index (κ1) is 7.06. The number of hydrogen-bond donors (Lipinski definition) is 1. The molecule has 0 aromatic rings. The molecule has 1 aliphatic carbocycles. The van der Waals surface area contributed by atoms with Crippen LogP contribution in [0, 0.1) is 5.41 Å². The van der Waals surface area contributed by atoms with E-state index in [1.807, 2.05) is 0 Å². The monoisotopic (exact) mass is 158 g/mol. The van der Waals surface area contributed by atoms with Crippen molar-refractivity contribution >= 4 is 5.97 Å². The fraction of sp³-hybridized carbons (Fsp3) is 0.857. The molecule has 4 heteroatoms. The van der Waals surface area contributed by atoms with E-state index in [4.69, 9.17) is 14.6 Å². The first-order valence-electron chi connectivity index (χ1n) is 3.68. The maximum Gasteiger partial charge on any atom is 0.361 e. The van der Waals surface area contributed by atoms with Gasteiger partial charge < -0.3 is 14.6 Å². The molecule has 11 heavy (non-hydrogen) atoms. The molecule has 0 radical (unpaired) electrons. The van der Waals surface area contributed by atoms with E-state index >= 15 is 0 Å². The number of carbonyl (C=O) groups is 1. The molecule has 1 spiro atoms. The molecule has 62 valence electrons. The summed E-state index contributed by atoms with van der Waals surface area (Å²) in [5.74, 6) is -1.03. The summed E-state index contributed by atoms with van der Waals surface area (Å²) in [6.45, 7) is 1.09. The van der Waals surface area contributed by atoms with Crippen LogP contribution in [0.15, 0.2) is 0 Å². The Bertz CT molecular complexity index is 175. The van der Waals surface area contributed by atoms with Crippen LogP contribution in [0.3, 0.4) is 0 Å². The zero-order valence-electron chi connectivity index (χ0n) is 6.08. The van der Waals surface area contributed by atoms with Gasteiger partial charge in [-0.2, -0.15) is 0 Å². The average Bonchev–Trinajstić information content (AvgIpc) is 2.70. The van der Waals surface area contributed by atoms with Crippen molar-refractivity contribution in [2.24, 2.45) is 5.41 Å². The van der Waals surface area contributed by atoms with Gasteiger partial charge in [-0.1, -0.05) is 0 Å². The van der Waals surface area contributed by atoms with Gasteiger partial charge in [-0.3, -0.25) is 0 Å². The van der Waals surface area contributed by atoms with Gasteiger partial charge in [0.2, 0.25) is 0 Å². The third-order valence-electron chi connectivity index (χ3n) is 2.24. The standard InChI is InChI=1S/C7H10O4/c8-5(9)6-10-3-7(1-2-7)4-11-6/h6H,1-4H2,(H,8,9). The third kappa shape index (κ3) is 1.23. The second-order valence-corrected chi connectivity index (χ2v) is 3.29. The van der Waals surface area contributed by atoms with Crippen molar-refractivity contribution < 1.29 is 19.4 Å². The van der Waals surface area contributed by atoms with Crippen molar-refractivity contribution in [3.8, 4) is 0 Å². The first-order chi connectivity index (χ1) is 5.22. The summed E-state index contributed by atoms with van der Waals surface area (Å²) < 4.78 is 9.99. The lowest BCUT2D eigenvalue weighted by Gasteiger charge is -2.26. The summed E-state index contributed by atoms with van der Waals surface area (Å²) in [6.07, 6.45) is 1.19. The highest BCUT2D eigenvalue weighted by molar-refractivity contribution is 5.70. The van der Waals surface area contributed by atoms with Crippen LogP contribution in [0.4, 0.5) is 0 Å². The normalized spacial score (nSPS) is 28.7. The SMILES string of the molecule is O=C(O)C1OCC2(CC2)CO1. The van der Waals surface area contributed by atoms with Gasteiger partial charge in [0.15, 0.2) is 0 Å². The molecule has 1 aliphatic heterocycles. The third-order valence-corrected chi connectivity index (χ3v) is 2.24. The molecule has 4 nitrogen and oxygen atoms in total. The lowest BCUT2D eigenvalue weighted by molar-refractivity contribution is -0.221. The second kappa shape index (κ2) is 2.19. The largest absolute Gasteiger partial charge is 0.477 e. The molecular formula is C7H10O4. The van der Waals surface area contributed by atoms with Gasteiger partial charge in [-0.05, 0) is 12.8 Å². The Morgan fingerprint density at radius 3 is 2.27 bits per heavy atom. The van der Waals surface area contributed by atoms with Gasteiger partial charge >= 0.3 is 5.97 Å². The molecule has 0 bridgehead atoms. The van der Waals surface area contributed by atoms with Gasteiger partial charge in [0.05, 0.1) is 13.2 Å². The fourth-order valence-electron chi connectivity index (χ4n) is 1.20. The van der Waals surface area contributed by atoms with Crippen molar-refractivity contribution in [3.63, 3.8) is 0 Å². The lowest BCUT2D eigenvalue weighted by atomic mass is 10.1. The van der Waals surface area contributed by atoms with E-state index in [-0.39, 0.29) is 5.41 Å². The molecular weight excluding hydrogens is 148 g/mol. The van der Waals surface area contributed by atoms with E-state index in [1.54, 1.807) is 0 Å². The Hall–Kier alpha value is -0.610. The molecule has 0 atom stereocenters. The molecule has 1 N–H and O–H groups in total. The summed E-state index contributed by atoms with van der Waals surface area (Å²) in [7, 11) is 0. The number of carboxylic acids is 1. The quantitative estimate of drug-likeness (QED) is 0.593. The molecule has 1 saturated carbocycles.